The maximum atomic E-state index is 14.6. The number of carbonyl (C=O) groups is 2. The number of amides is 3. The van der Waals surface area contributed by atoms with Gasteiger partial charge in [0.25, 0.3) is 0 Å². The number of fused-ring (bicyclic) bond motifs is 1. The molecule has 1 aliphatic heterocycles. The van der Waals surface area contributed by atoms with E-state index >= 15 is 0 Å². The first-order valence-electron chi connectivity index (χ1n) is 9.21. The van der Waals surface area contributed by atoms with Gasteiger partial charge in [-0.1, -0.05) is 18.2 Å². The van der Waals surface area contributed by atoms with Crippen molar-refractivity contribution in [1.82, 2.24) is 10.2 Å². The molecule has 0 bridgehead atoms. The summed E-state index contributed by atoms with van der Waals surface area (Å²) in [4.78, 5) is 26.5. The molecule has 4 rings (SSSR count). The zero-order chi connectivity index (χ0) is 21.4. The summed E-state index contributed by atoms with van der Waals surface area (Å²) in [5.74, 6) is -2.89. The average molecular weight is 431 g/mol. The highest BCUT2D eigenvalue weighted by Gasteiger charge is 2.43. The number of carbonyl (C=O) groups excluding carboxylic acids is 2. The first-order chi connectivity index (χ1) is 14.4. The molecule has 1 aliphatic rings. The van der Waals surface area contributed by atoms with Crippen LogP contribution in [0, 0.1) is 11.6 Å². The Labute approximate surface area is 175 Å². The predicted molar refractivity (Wildman–Crippen MR) is 111 cm³/mol. The lowest BCUT2D eigenvalue weighted by Crippen LogP contribution is -2.45. The van der Waals surface area contributed by atoms with Crippen molar-refractivity contribution < 1.29 is 23.1 Å². The minimum atomic E-state index is -1.10. The van der Waals surface area contributed by atoms with Crippen molar-refractivity contribution in [1.29, 1.82) is 0 Å². The topological polar surface area (TPSA) is 70.7 Å². The molecule has 6 nitrogen and oxygen atoms in total. The third-order valence-electron chi connectivity index (χ3n) is 5.12. The van der Waals surface area contributed by atoms with Gasteiger partial charge in [0.15, 0.2) is 0 Å². The molecule has 2 heterocycles. The van der Waals surface area contributed by atoms with Gasteiger partial charge in [-0.15, -0.1) is 11.3 Å². The SMILES string of the molecule is COc1cc(F)c(C2CN(C)C(=O)C2NC(=O)Nc2cc3ccccc3s2)c(F)c1. The van der Waals surface area contributed by atoms with Gasteiger partial charge in [-0.3, -0.25) is 10.1 Å². The third kappa shape index (κ3) is 3.68. The number of urea groups is 1. The van der Waals surface area contributed by atoms with E-state index in [1.807, 2.05) is 30.3 Å². The number of rotatable bonds is 4. The molecule has 0 radical (unpaired) electrons. The van der Waals surface area contributed by atoms with E-state index in [-0.39, 0.29) is 17.9 Å². The van der Waals surface area contributed by atoms with Crippen molar-refractivity contribution in [3.8, 4) is 5.75 Å². The van der Waals surface area contributed by atoms with E-state index < -0.39 is 35.5 Å². The normalized spacial score (nSPS) is 18.7. The van der Waals surface area contributed by atoms with E-state index in [9.17, 15) is 18.4 Å². The van der Waals surface area contributed by atoms with Crippen LogP contribution in [0.2, 0.25) is 0 Å². The number of methoxy groups -OCH3 is 1. The second kappa shape index (κ2) is 7.91. The van der Waals surface area contributed by atoms with Crippen molar-refractivity contribution in [2.75, 3.05) is 26.0 Å². The summed E-state index contributed by atoms with van der Waals surface area (Å²) in [5, 5.41) is 6.87. The highest BCUT2D eigenvalue weighted by atomic mass is 32.1. The van der Waals surface area contributed by atoms with Crippen LogP contribution in [0.5, 0.6) is 5.75 Å². The second-order valence-electron chi connectivity index (χ2n) is 7.05. The fraction of sp³-hybridized carbons (Fsp3) is 0.238. The molecule has 2 atom stereocenters. The Kier molecular flexibility index (Phi) is 5.29. The average Bonchev–Trinajstić information content (AvgIpc) is 3.23. The summed E-state index contributed by atoms with van der Waals surface area (Å²) < 4.78 is 35.1. The highest BCUT2D eigenvalue weighted by Crippen LogP contribution is 2.34. The molecule has 30 heavy (non-hydrogen) atoms. The molecule has 0 saturated carbocycles. The van der Waals surface area contributed by atoms with Crippen LogP contribution in [0.4, 0.5) is 18.6 Å². The summed E-state index contributed by atoms with van der Waals surface area (Å²) in [6, 6.07) is 9.90. The number of hydrogen-bond donors (Lipinski definition) is 2. The Bertz CT molecular complexity index is 1080. The van der Waals surface area contributed by atoms with Crippen LogP contribution in [-0.2, 0) is 4.79 Å². The zero-order valence-corrected chi connectivity index (χ0v) is 17.1. The number of halogens is 2. The first-order valence-corrected chi connectivity index (χ1v) is 10.0. The number of likely N-dealkylation sites (tertiary alicyclic amines) is 1. The summed E-state index contributed by atoms with van der Waals surface area (Å²) >= 11 is 1.39. The molecule has 3 aromatic rings. The van der Waals surface area contributed by atoms with E-state index in [1.165, 1.54) is 30.4 Å². The maximum absolute atomic E-state index is 14.6. The van der Waals surface area contributed by atoms with Gasteiger partial charge in [0.05, 0.1) is 12.1 Å². The minimum Gasteiger partial charge on any atom is -0.497 e. The van der Waals surface area contributed by atoms with E-state index in [0.717, 1.165) is 22.2 Å². The summed E-state index contributed by atoms with van der Waals surface area (Å²) in [6.45, 7) is 0.0762. The lowest BCUT2D eigenvalue weighted by Gasteiger charge is -2.20. The van der Waals surface area contributed by atoms with Gasteiger partial charge >= 0.3 is 6.03 Å². The van der Waals surface area contributed by atoms with Crippen molar-refractivity contribution >= 4 is 38.4 Å². The van der Waals surface area contributed by atoms with Crippen LogP contribution in [0.25, 0.3) is 10.1 Å². The van der Waals surface area contributed by atoms with Gasteiger partial charge in [0.1, 0.15) is 23.4 Å². The Hall–Kier alpha value is -3.20. The molecule has 9 heteroatoms. The lowest BCUT2D eigenvalue weighted by molar-refractivity contribution is -0.128. The number of anilines is 1. The zero-order valence-electron chi connectivity index (χ0n) is 16.2. The Morgan fingerprint density at radius 2 is 1.90 bits per heavy atom. The number of benzene rings is 2. The summed E-state index contributed by atoms with van der Waals surface area (Å²) in [6.07, 6.45) is 0. The molecule has 0 aliphatic carbocycles. The number of thiophene rings is 1. The predicted octanol–water partition coefficient (Wildman–Crippen LogP) is 3.93. The number of ether oxygens (including phenoxy) is 1. The molecule has 1 saturated heterocycles. The lowest BCUT2D eigenvalue weighted by atomic mass is 9.93. The minimum absolute atomic E-state index is 0.0402. The van der Waals surface area contributed by atoms with Gasteiger partial charge in [-0.2, -0.15) is 0 Å². The van der Waals surface area contributed by atoms with Crippen molar-refractivity contribution in [3.05, 3.63) is 59.7 Å². The molecule has 2 unspecified atom stereocenters. The molecule has 3 amide bonds. The monoisotopic (exact) mass is 431 g/mol. The van der Waals surface area contributed by atoms with E-state index in [0.29, 0.717) is 5.00 Å². The van der Waals surface area contributed by atoms with Crippen LogP contribution < -0.4 is 15.4 Å². The molecular weight excluding hydrogens is 412 g/mol. The van der Waals surface area contributed by atoms with Gasteiger partial charge in [-0.25, -0.2) is 13.6 Å². The Morgan fingerprint density at radius 1 is 1.20 bits per heavy atom. The van der Waals surface area contributed by atoms with Gasteiger partial charge in [-0.05, 0) is 17.5 Å². The fourth-order valence-electron chi connectivity index (χ4n) is 3.69. The summed E-state index contributed by atoms with van der Waals surface area (Å²) in [5.41, 5.74) is -0.249. The molecule has 1 fully saturated rings. The van der Waals surface area contributed by atoms with Crippen LogP contribution in [-0.4, -0.2) is 43.6 Å². The molecule has 2 aromatic carbocycles. The largest absolute Gasteiger partial charge is 0.497 e. The van der Waals surface area contributed by atoms with E-state index in [1.54, 1.807) is 0 Å². The van der Waals surface area contributed by atoms with Crippen LogP contribution >= 0.6 is 11.3 Å². The van der Waals surface area contributed by atoms with Crippen molar-refractivity contribution in [2.24, 2.45) is 0 Å². The van der Waals surface area contributed by atoms with Gasteiger partial charge in [0, 0.05) is 41.9 Å². The molecule has 2 N–H and O–H groups in total. The van der Waals surface area contributed by atoms with Crippen LogP contribution in [0.15, 0.2) is 42.5 Å². The highest BCUT2D eigenvalue weighted by molar-refractivity contribution is 7.22. The smallest absolute Gasteiger partial charge is 0.320 e. The standard InChI is InChI=1S/C21H19F2N3O3S/c1-26-10-13(18-14(22)8-12(29-2)9-15(18)23)19(20(26)27)25-21(28)24-17-7-11-5-3-4-6-16(11)30-17/h3-9,13,19H,10H2,1-2H3,(H2,24,25,28). The van der Waals surface area contributed by atoms with E-state index in [2.05, 4.69) is 10.6 Å². The summed E-state index contributed by atoms with van der Waals surface area (Å²) in [7, 11) is 2.84. The Balaban J connectivity index is 1.56. The molecular formula is C21H19F2N3O3S. The molecule has 156 valence electrons. The van der Waals surface area contributed by atoms with Crippen molar-refractivity contribution in [3.63, 3.8) is 0 Å². The molecule has 0 spiro atoms. The number of likely N-dealkylation sites (N-methyl/N-ethyl adjacent to an activating group) is 1. The van der Waals surface area contributed by atoms with Crippen LogP contribution in [0.1, 0.15) is 11.5 Å². The number of hydrogen-bond acceptors (Lipinski definition) is 4. The van der Waals surface area contributed by atoms with Gasteiger partial charge in [0.2, 0.25) is 5.91 Å². The molecule has 1 aromatic heterocycles. The van der Waals surface area contributed by atoms with E-state index in [4.69, 9.17) is 4.74 Å². The van der Waals surface area contributed by atoms with Crippen LogP contribution in [0.3, 0.4) is 0 Å². The number of nitrogens with zero attached hydrogens (tertiary/aromatic N) is 1. The second-order valence-corrected chi connectivity index (χ2v) is 8.14. The third-order valence-corrected chi connectivity index (χ3v) is 6.15. The quantitative estimate of drug-likeness (QED) is 0.658. The van der Waals surface area contributed by atoms with Crippen molar-refractivity contribution in [2.45, 2.75) is 12.0 Å². The first kappa shape index (κ1) is 20.1. The maximum Gasteiger partial charge on any atom is 0.320 e. The Morgan fingerprint density at radius 3 is 2.57 bits per heavy atom. The van der Waals surface area contributed by atoms with Gasteiger partial charge < -0.3 is 15.0 Å². The number of nitrogens with one attached hydrogen (secondary N) is 2. The fourth-order valence-corrected chi connectivity index (χ4v) is 4.64.